The number of nitrogens with one attached hydrogen (secondary N) is 1. The zero-order chi connectivity index (χ0) is 20.7. The maximum atomic E-state index is 10.5. The molecule has 1 saturated heterocycles. The fourth-order valence-electron chi connectivity index (χ4n) is 5.12. The lowest BCUT2D eigenvalue weighted by Gasteiger charge is -2.42. The maximum Gasteiger partial charge on any atom is 0.192 e. The lowest BCUT2D eigenvalue weighted by molar-refractivity contribution is 0.172. The molecule has 4 heterocycles. The second kappa shape index (κ2) is 5.78. The zero-order valence-electron chi connectivity index (χ0n) is 17.3. The highest BCUT2D eigenvalue weighted by atomic mass is 16.3. The minimum atomic E-state index is 0.0836. The summed E-state index contributed by atoms with van der Waals surface area (Å²) in [7, 11) is 0. The van der Waals surface area contributed by atoms with Crippen LogP contribution in [0.2, 0.25) is 0 Å². The van der Waals surface area contributed by atoms with Crippen molar-refractivity contribution in [3.8, 4) is 17.0 Å². The van der Waals surface area contributed by atoms with E-state index < -0.39 is 0 Å². The van der Waals surface area contributed by atoms with Crippen molar-refractivity contribution in [2.24, 2.45) is 0 Å². The normalized spacial score (nSPS) is 22.2. The number of phenolic OH excluding ortho intramolecular Hbond substituents is 1. The average Bonchev–Trinajstić information content (AvgIpc) is 3.10. The number of rotatable bonds is 2. The van der Waals surface area contributed by atoms with Gasteiger partial charge >= 0.3 is 0 Å². The predicted molar refractivity (Wildman–Crippen MR) is 112 cm³/mol. The summed E-state index contributed by atoms with van der Waals surface area (Å²) in [5, 5.41) is 23.2. The summed E-state index contributed by atoms with van der Waals surface area (Å²) in [5.41, 5.74) is 4.28. The Labute approximate surface area is 173 Å². The number of phenols is 1. The van der Waals surface area contributed by atoms with Crippen molar-refractivity contribution in [2.75, 3.05) is 0 Å². The molecule has 2 aliphatic rings. The van der Waals surface area contributed by atoms with E-state index >= 15 is 0 Å². The number of nitrogens with zero attached hydrogens (tertiary/aromatic N) is 5. The molecule has 0 unspecified atom stereocenters. The van der Waals surface area contributed by atoms with Crippen LogP contribution >= 0.6 is 0 Å². The van der Waals surface area contributed by atoms with Crippen LogP contribution in [0.5, 0.6) is 5.75 Å². The van der Waals surface area contributed by atoms with E-state index in [1.165, 1.54) is 12.8 Å². The van der Waals surface area contributed by atoms with Gasteiger partial charge in [-0.2, -0.15) is 0 Å². The second-order valence-corrected chi connectivity index (χ2v) is 9.51. The first-order chi connectivity index (χ1) is 14.3. The largest absolute Gasteiger partial charge is 0.507 e. The van der Waals surface area contributed by atoms with Crippen molar-refractivity contribution in [1.29, 1.82) is 0 Å². The minimum absolute atomic E-state index is 0.0836. The fraction of sp³-hybridized carbons (Fsp3) is 0.455. The quantitative estimate of drug-likeness (QED) is 0.523. The Hall–Kier alpha value is -3.00. The molecule has 4 aromatic rings. The SMILES string of the molecule is Cc1nc2cc(-c3cc4ncn([C@H]5CC(C)(C)NC6(CC6)C5)c4nn3)c(O)cc2o1. The van der Waals surface area contributed by atoms with Crippen LogP contribution in [0.15, 0.2) is 28.9 Å². The zero-order valence-corrected chi connectivity index (χ0v) is 17.3. The molecule has 8 heteroatoms. The van der Waals surface area contributed by atoms with Crippen molar-refractivity contribution in [3.63, 3.8) is 0 Å². The van der Waals surface area contributed by atoms with Gasteiger partial charge in [0.25, 0.3) is 0 Å². The van der Waals surface area contributed by atoms with Crippen molar-refractivity contribution in [2.45, 2.75) is 63.6 Å². The van der Waals surface area contributed by atoms with Gasteiger partial charge in [0.15, 0.2) is 17.1 Å². The van der Waals surface area contributed by atoms with Crippen LogP contribution in [0.1, 0.15) is 51.5 Å². The summed E-state index contributed by atoms with van der Waals surface area (Å²) in [6, 6.07) is 5.57. The van der Waals surface area contributed by atoms with Crippen LogP contribution in [-0.4, -0.2) is 40.9 Å². The third-order valence-electron chi connectivity index (χ3n) is 6.43. The molecular weight excluding hydrogens is 380 g/mol. The predicted octanol–water partition coefficient (Wildman–Crippen LogP) is 3.88. The number of oxazole rings is 1. The van der Waals surface area contributed by atoms with Crippen LogP contribution in [0.4, 0.5) is 0 Å². The number of hydrogen-bond acceptors (Lipinski definition) is 7. The van der Waals surface area contributed by atoms with E-state index in [4.69, 9.17) is 4.42 Å². The molecular formula is C22H24N6O2. The highest BCUT2D eigenvalue weighted by molar-refractivity contribution is 5.85. The van der Waals surface area contributed by atoms with Gasteiger partial charge in [0.1, 0.15) is 16.8 Å². The summed E-state index contributed by atoms with van der Waals surface area (Å²) in [5.74, 6) is 0.641. The molecule has 8 nitrogen and oxygen atoms in total. The first-order valence-electron chi connectivity index (χ1n) is 10.4. The van der Waals surface area contributed by atoms with Gasteiger partial charge < -0.3 is 19.4 Å². The lowest BCUT2D eigenvalue weighted by atomic mass is 9.84. The van der Waals surface area contributed by atoms with E-state index in [2.05, 4.69) is 43.9 Å². The smallest absolute Gasteiger partial charge is 0.192 e. The maximum absolute atomic E-state index is 10.5. The highest BCUT2D eigenvalue weighted by Gasteiger charge is 2.51. The monoisotopic (exact) mass is 404 g/mol. The number of fused-ring (bicyclic) bond motifs is 2. The molecule has 0 radical (unpaired) electrons. The molecule has 3 aromatic heterocycles. The Kier molecular flexibility index (Phi) is 3.44. The Morgan fingerprint density at radius 1 is 1.13 bits per heavy atom. The summed E-state index contributed by atoms with van der Waals surface area (Å²) in [4.78, 5) is 8.97. The van der Waals surface area contributed by atoms with Crippen molar-refractivity contribution >= 4 is 22.3 Å². The van der Waals surface area contributed by atoms with Gasteiger partial charge in [-0.15, -0.1) is 10.2 Å². The molecule has 1 saturated carbocycles. The molecule has 6 rings (SSSR count). The van der Waals surface area contributed by atoms with E-state index in [1.54, 1.807) is 19.1 Å². The van der Waals surface area contributed by atoms with Gasteiger partial charge in [-0.1, -0.05) is 0 Å². The van der Waals surface area contributed by atoms with Gasteiger partial charge in [-0.3, -0.25) is 0 Å². The topological polar surface area (TPSA) is 102 Å². The van der Waals surface area contributed by atoms with E-state index in [9.17, 15) is 5.11 Å². The number of benzene rings is 1. The Morgan fingerprint density at radius 3 is 2.77 bits per heavy atom. The van der Waals surface area contributed by atoms with Crippen LogP contribution in [0.25, 0.3) is 33.5 Å². The standard InChI is InChI=1S/C22H24N6O2/c1-12-24-16-6-14(18(29)8-19(16)30-12)15-7-17-20(26-25-15)28(11-23-17)13-9-21(2,3)27-22(10-13)4-5-22/h6-8,11,13,27,29H,4-5,9-10H2,1-3H3/t13-/m0/s1. The molecule has 0 amide bonds. The van der Waals surface area contributed by atoms with E-state index in [1.807, 2.05) is 12.4 Å². The molecule has 154 valence electrons. The Morgan fingerprint density at radius 2 is 1.97 bits per heavy atom. The van der Waals surface area contributed by atoms with Gasteiger partial charge in [0.05, 0.1) is 12.0 Å². The third kappa shape index (κ3) is 2.78. The van der Waals surface area contributed by atoms with E-state index in [0.29, 0.717) is 34.3 Å². The Bertz CT molecular complexity index is 1290. The Balaban J connectivity index is 1.40. The second-order valence-electron chi connectivity index (χ2n) is 9.51. The van der Waals surface area contributed by atoms with E-state index in [-0.39, 0.29) is 16.8 Å². The molecule has 0 bridgehead atoms. The van der Waals surface area contributed by atoms with Crippen LogP contribution in [0, 0.1) is 6.92 Å². The summed E-state index contributed by atoms with van der Waals surface area (Å²) < 4.78 is 7.67. The van der Waals surface area contributed by atoms with Gasteiger partial charge in [0.2, 0.25) is 0 Å². The lowest BCUT2D eigenvalue weighted by Crippen LogP contribution is -2.54. The van der Waals surface area contributed by atoms with Crippen LogP contribution in [0.3, 0.4) is 0 Å². The summed E-state index contributed by atoms with van der Waals surface area (Å²) >= 11 is 0. The molecule has 1 atom stereocenters. The molecule has 1 aliphatic heterocycles. The first-order valence-corrected chi connectivity index (χ1v) is 10.4. The molecule has 1 spiro atoms. The van der Waals surface area contributed by atoms with Crippen LogP contribution in [-0.2, 0) is 0 Å². The fourth-order valence-corrected chi connectivity index (χ4v) is 5.12. The molecule has 1 aliphatic carbocycles. The van der Waals surface area contributed by atoms with Crippen molar-refractivity contribution in [3.05, 3.63) is 30.4 Å². The van der Waals surface area contributed by atoms with Gasteiger partial charge in [0, 0.05) is 35.7 Å². The third-order valence-corrected chi connectivity index (χ3v) is 6.43. The number of piperidine rings is 1. The molecule has 2 fully saturated rings. The number of imidazole rings is 1. The van der Waals surface area contributed by atoms with Crippen LogP contribution < -0.4 is 5.32 Å². The number of aromatic nitrogens is 5. The summed E-state index contributed by atoms with van der Waals surface area (Å²) in [6.45, 7) is 6.32. The van der Waals surface area contributed by atoms with Gasteiger partial charge in [-0.25, -0.2) is 9.97 Å². The average molecular weight is 404 g/mol. The van der Waals surface area contributed by atoms with Crippen molar-refractivity contribution in [1.82, 2.24) is 30.0 Å². The number of aromatic hydroxyl groups is 1. The molecule has 2 N–H and O–H groups in total. The molecule has 30 heavy (non-hydrogen) atoms. The minimum Gasteiger partial charge on any atom is -0.507 e. The number of hydrogen-bond donors (Lipinski definition) is 2. The van der Waals surface area contributed by atoms with Crippen molar-refractivity contribution < 1.29 is 9.52 Å². The molecule has 1 aromatic carbocycles. The summed E-state index contributed by atoms with van der Waals surface area (Å²) in [6.07, 6.45) is 6.47. The van der Waals surface area contributed by atoms with E-state index in [0.717, 1.165) is 24.0 Å². The highest BCUT2D eigenvalue weighted by Crippen LogP contribution is 2.49. The van der Waals surface area contributed by atoms with Gasteiger partial charge in [-0.05, 0) is 51.7 Å². The number of aryl methyl sites for hydroxylation is 1. The first kappa shape index (κ1) is 17.8.